The van der Waals surface area contributed by atoms with Crippen LogP contribution in [0.2, 0.25) is 0 Å². The van der Waals surface area contributed by atoms with Crippen molar-refractivity contribution in [3.8, 4) is 5.75 Å². The van der Waals surface area contributed by atoms with Gasteiger partial charge in [0.2, 0.25) is 0 Å². The van der Waals surface area contributed by atoms with Crippen LogP contribution < -0.4 is 10.1 Å². The predicted octanol–water partition coefficient (Wildman–Crippen LogP) is 3.55. The largest absolute Gasteiger partial charge is 0.487 e. The minimum Gasteiger partial charge on any atom is -0.487 e. The minimum atomic E-state index is 0.141. The van der Waals surface area contributed by atoms with Gasteiger partial charge in [-0.05, 0) is 44.0 Å². The van der Waals surface area contributed by atoms with Gasteiger partial charge >= 0.3 is 0 Å². The second kappa shape index (κ2) is 6.53. The van der Waals surface area contributed by atoms with Crippen LogP contribution >= 0.6 is 0 Å². The highest BCUT2D eigenvalue weighted by Crippen LogP contribution is 2.11. The van der Waals surface area contributed by atoms with Gasteiger partial charge in [-0.3, -0.25) is 4.98 Å². The number of ether oxygens (including phenoxy) is 1. The van der Waals surface area contributed by atoms with E-state index in [1.54, 1.807) is 12.4 Å². The molecule has 0 fully saturated rings. The van der Waals surface area contributed by atoms with E-state index in [4.69, 9.17) is 4.74 Å². The van der Waals surface area contributed by atoms with Crippen LogP contribution in [0.5, 0.6) is 5.75 Å². The maximum Gasteiger partial charge on any atom is 0.138 e. The van der Waals surface area contributed by atoms with E-state index in [1.807, 2.05) is 12.1 Å². The van der Waals surface area contributed by atoms with E-state index >= 15 is 0 Å². The Balaban J connectivity index is 1.85. The van der Waals surface area contributed by atoms with Gasteiger partial charge in [-0.15, -0.1) is 0 Å². The lowest BCUT2D eigenvalue weighted by molar-refractivity contribution is 0.305. The van der Waals surface area contributed by atoms with Crippen LogP contribution in [-0.4, -0.2) is 10.5 Å². The maximum absolute atomic E-state index is 5.67. The molecule has 0 atom stereocenters. The molecule has 0 bridgehead atoms. The van der Waals surface area contributed by atoms with E-state index in [0.717, 1.165) is 17.9 Å². The summed E-state index contributed by atoms with van der Waals surface area (Å²) in [6, 6.07) is 12.3. The fourth-order valence-corrected chi connectivity index (χ4v) is 1.72. The summed E-state index contributed by atoms with van der Waals surface area (Å²) in [5.41, 5.74) is 2.58. The van der Waals surface area contributed by atoms with Crippen molar-refractivity contribution in [2.45, 2.75) is 39.5 Å². The van der Waals surface area contributed by atoms with Gasteiger partial charge in [-0.2, -0.15) is 0 Å². The molecule has 2 rings (SSSR count). The second-order valence-corrected chi connectivity index (χ2v) is 5.90. The molecule has 0 aliphatic carbocycles. The first-order valence-corrected chi connectivity index (χ1v) is 6.89. The van der Waals surface area contributed by atoms with Gasteiger partial charge in [0.15, 0.2) is 0 Å². The SMILES string of the molecule is CC(C)(C)NCc1ccc(COc2cccnc2)cc1. The Bertz CT molecular complexity index is 515. The molecular weight excluding hydrogens is 248 g/mol. The Kier molecular flexibility index (Phi) is 4.74. The van der Waals surface area contributed by atoms with E-state index in [9.17, 15) is 0 Å². The molecule has 3 nitrogen and oxygen atoms in total. The summed E-state index contributed by atoms with van der Waals surface area (Å²) in [5.74, 6) is 0.797. The number of benzene rings is 1. The predicted molar refractivity (Wildman–Crippen MR) is 81.6 cm³/mol. The number of hydrogen-bond donors (Lipinski definition) is 1. The van der Waals surface area contributed by atoms with Crippen molar-refractivity contribution in [3.63, 3.8) is 0 Å². The molecule has 0 saturated carbocycles. The Labute approximate surface area is 121 Å². The fraction of sp³-hybridized carbons (Fsp3) is 0.353. The lowest BCUT2D eigenvalue weighted by atomic mass is 10.1. The summed E-state index contributed by atoms with van der Waals surface area (Å²) in [5, 5.41) is 3.48. The molecule has 1 N–H and O–H groups in total. The molecule has 0 amide bonds. The lowest BCUT2D eigenvalue weighted by Crippen LogP contribution is -2.35. The van der Waals surface area contributed by atoms with Crippen LogP contribution in [0.3, 0.4) is 0 Å². The van der Waals surface area contributed by atoms with Gasteiger partial charge in [0.1, 0.15) is 12.4 Å². The van der Waals surface area contributed by atoms with Crippen LogP contribution in [0.1, 0.15) is 31.9 Å². The van der Waals surface area contributed by atoms with Gasteiger partial charge in [0, 0.05) is 18.3 Å². The molecule has 1 aromatic heterocycles. The van der Waals surface area contributed by atoms with Crippen molar-refractivity contribution >= 4 is 0 Å². The molecule has 1 aromatic carbocycles. The highest BCUT2D eigenvalue weighted by Gasteiger charge is 2.08. The van der Waals surface area contributed by atoms with Crippen LogP contribution in [0, 0.1) is 0 Å². The average molecular weight is 270 g/mol. The summed E-state index contributed by atoms with van der Waals surface area (Å²) in [6.45, 7) is 7.96. The molecule has 1 heterocycles. The quantitative estimate of drug-likeness (QED) is 0.902. The molecule has 2 aromatic rings. The van der Waals surface area contributed by atoms with Crippen LogP contribution in [0.15, 0.2) is 48.8 Å². The molecule has 0 radical (unpaired) electrons. The number of pyridine rings is 1. The Morgan fingerprint density at radius 2 is 1.75 bits per heavy atom. The Hall–Kier alpha value is -1.87. The Morgan fingerprint density at radius 1 is 1.05 bits per heavy atom. The van der Waals surface area contributed by atoms with E-state index in [0.29, 0.717) is 6.61 Å². The first kappa shape index (κ1) is 14.5. The molecule has 0 saturated heterocycles. The molecule has 0 spiro atoms. The monoisotopic (exact) mass is 270 g/mol. The number of aromatic nitrogens is 1. The Morgan fingerprint density at radius 3 is 2.35 bits per heavy atom. The number of rotatable bonds is 5. The molecule has 20 heavy (non-hydrogen) atoms. The molecule has 106 valence electrons. The number of hydrogen-bond acceptors (Lipinski definition) is 3. The summed E-state index contributed by atoms with van der Waals surface area (Å²) in [7, 11) is 0. The highest BCUT2D eigenvalue weighted by molar-refractivity contribution is 5.23. The van der Waals surface area contributed by atoms with Crippen LogP contribution in [0.4, 0.5) is 0 Å². The van der Waals surface area contributed by atoms with Crippen LogP contribution in [-0.2, 0) is 13.2 Å². The molecule has 0 unspecified atom stereocenters. The summed E-state index contributed by atoms with van der Waals surface area (Å²) < 4.78 is 5.67. The van der Waals surface area contributed by atoms with Gasteiger partial charge in [-0.1, -0.05) is 24.3 Å². The third-order valence-electron chi connectivity index (χ3n) is 2.89. The zero-order valence-corrected chi connectivity index (χ0v) is 12.4. The van der Waals surface area contributed by atoms with E-state index in [-0.39, 0.29) is 5.54 Å². The van der Waals surface area contributed by atoms with Gasteiger partial charge < -0.3 is 10.1 Å². The first-order valence-electron chi connectivity index (χ1n) is 6.89. The van der Waals surface area contributed by atoms with Gasteiger partial charge in [0.05, 0.1) is 6.20 Å². The zero-order chi connectivity index (χ0) is 14.4. The maximum atomic E-state index is 5.67. The van der Waals surface area contributed by atoms with Crippen molar-refractivity contribution in [1.29, 1.82) is 0 Å². The molecule has 3 heteroatoms. The first-order chi connectivity index (χ1) is 9.53. The topological polar surface area (TPSA) is 34.1 Å². The third-order valence-corrected chi connectivity index (χ3v) is 2.89. The standard InChI is InChI=1S/C17H22N2O/c1-17(2,3)19-11-14-6-8-15(9-7-14)13-20-16-5-4-10-18-12-16/h4-10,12,19H,11,13H2,1-3H3. The molecule has 0 aliphatic rings. The summed E-state index contributed by atoms with van der Waals surface area (Å²) in [4.78, 5) is 4.03. The second-order valence-electron chi connectivity index (χ2n) is 5.90. The summed E-state index contributed by atoms with van der Waals surface area (Å²) in [6.07, 6.45) is 3.46. The fourth-order valence-electron chi connectivity index (χ4n) is 1.72. The van der Waals surface area contributed by atoms with E-state index in [1.165, 1.54) is 5.56 Å². The van der Waals surface area contributed by atoms with Crippen molar-refractivity contribution in [2.75, 3.05) is 0 Å². The minimum absolute atomic E-state index is 0.141. The van der Waals surface area contributed by atoms with Gasteiger partial charge in [0.25, 0.3) is 0 Å². The number of nitrogens with one attached hydrogen (secondary N) is 1. The van der Waals surface area contributed by atoms with Crippen molar-refractivity contribution in [2.24, 2.45) is 0 Å². The number of nitrogens with zero attached hydrogens (tertiary/aromatic N) is 1. The van der Waals surface area contributed by atoms with E-state index < -0.39 is 0 Å². The highest BCUT2D eigenvalue weighted by atomic mass is 16.5. The van der Waals surface area contributed by atoms with Crippen molar-refractivity contribution in [1.82, 2.24) is 10.3 Å². The van der Waals surface area contributed by atoms with Gasteiger partial charge in [-0.25, -0.2) is 0 Å². The summed E-state index contributed by atoms with van der Waals surface area (Å²) >= 11 is 0. The normalized spacial score (nSPS) is 11.3. The smallest absolute Gasteiger partial charge is 0.138 e. The molecule has 0 aliphatic heterocycles. The average Bonchev–Trinajstić information content (AvgIpc) is 2.44. The third kappa shape index (κ3) is 5.02. The zero-order valence-electron chi connectivity index (χ0n) is 12.4. The van der Waals surface area contributed by atoms with Crippen molar-refractivity contribution in [3.05, 3.63) is 59.9 Å². The lowest BCUT2D eigenvalue weighted by Gasteiger charge is -2.20. The van der Waals surface area contributed by atoms with Crippen molar-refractivity contribution < 1.29 is 4.74 Å². The van der Waals surface area contributed by atoms with E-state index in [2.05, 4.69) is 55.3 Å². The van der Waals surface area contributed by atoms with Crippen LogP contribution in [0.25, 0.3) is 0 Å². The molecular formula is C17H22N2O.